The Bertz CT molecular complexity index is 535. The van der Waals surface area contributed by atoms with E-state index >= 15 is 0 Å². The number of carbonyl (C=O) groups is 2. The third-order valence-electron chi connectivity index (χ3n) is 3.99. The summed E-state index contributed by atoms with van der Waals surface area (Å²) in [6.45, 7) is 4.88. The molecule has 0 spiro atoms. The summed E-state index contributed by atoms with van der Waals surface area (Å²) >= 11 is 0. The maximum absolute atomic E-state index is 12.4. The molecule has 1 aromatic carbocycles. The van der Waals surface area contributed by atoms with Crippen molar-refractivity contribution < 1.29 is 19.1 Å². The van der Waals surface area contributed by atoms with E-state index in [9.17, 15) is 9.59 Å². The molecule has 120 valence electrons. The maximum atomic E-state index is 12.4. The molecule has 1 saturated heterocycles. The molecule has 0 bridgehead atoms. The standard InChI is InChI=1S/C17H23NO4/c1-12-5-4-6-15(11-12)22-13(2)16(19)18-9-7-14(8-10-18)17(20)21-3/h4-6,11,13-14H,7-10H2,1-3H3/t13-/m1/s1. The minimum absolute atomic E-state index is 0.0372. The normalized spacial score (nSPS) is 17.0. The van der Waals surface area contributed by atoms with Gasteiger partial charge in [0, 0.05) is 13.1 Å². The van der Waals surface area contributed by atoms with Gasteiger partial charge in [-0.25, -0.2) is 0 Å². The highest BCUT2D eigenvalue weighted by molar-refractivity contribution is 5.81. The third kappa shape index (κ3) is 4.00. The molecular weight excluding hydrogens is 282 g/mol. The minimum Gasteiger partial charge on any atom is -0.481 e. The second-order valence-electron chi connectivity index (χ2n) is 5.70. The van der Waals surface area contributed by atoms with Crippen molar-refractivity contribution in [1.29, 1.82) is 0 Å². The topological polar surface area (TPSA) is 55.8 Å². The monoisotopic (exact) mass is 305 g/mol. The number of methoxy groups -OCH3 is 1. The van der Waals surface area contributed by atoms with Gasteiger partial charge in [0.1, 0.15) is 5.75 Å². The van der Waals surface area contributed by atoms with E-state index in [1.54, 1.807) is 11.8 Å². The zero-order chi connectivity index (χ0) is 16.1. The molecule has 1 aromatic rings. The van der Waals surface area contributed by atoms with E-state index in [1.165, 1.54) is 7.11 Å². The smallest absolute Gasteiger partial charge is 0.308 e. The lowest BCUT2D eigenvalue weighted by Crippen LogP contribution is -2.45. The first kappa shape index (κ1) is 16.3. The van der Waals surface area contributed by atoms with Gasteiger partial charge in [-0.15, -0.1) is 0 Å². The van der Waals surface area contributed by atoms with E-state index in [0.717, 1.165) is 5.56 Å². The quantitative estimate of drug-likeness (QED) is 0.800. The van der Waals surface area contributed by atoms with Crippen molar-refractivity contribution in [1.82, 2.24) is 4.90 Å². The van der Waals surface area contributed by atoms with Crippen LogP contribution in [-0.4, -0.2) is 43.1 Å². The Morgan fingerprint density at radius 1 is 1.27 bits per heavy atom. The summed E-state index contributed by atoms with van der Waals surface area (Å²) in [5, 5.41) is 0. The Hall–Kier alpha value is -2.04. The van der Waals surface area contributed by atoms with Gasteiger partial charge in [0.15, 0.2) is 6.10 Å². The molecule has 0 saturated carbocycles. The number of ether oxygens (including phenoxy) is 2. The highest BCUT2D eigenvalue weighted by Gasteiger charge is 2.30. The molecule has 1 fully saturated rings. The number of carbonyl (C=O) groups excluding carboxylic acids is 2. The number of amides is 1. The average molecular weight is 305 g/mol. The summed E-state index contributed by atoms with van der Waals surface area (Å²) < 4.78 is 10.5. The number of aryl methyl sites for hydroxylation is 1. The van der Waals surface area contributed by atoms with Crippen LogP contribution in [0.25, 0.3) is 0 Å². The summed E-state index contributed by atoms with van der Waals surface area (Å²) in [6, 6.07) is 7.65. The number of hydrogen-bond donors (Lipinski definition) is 0. The van der Waals surface area contributed by atoms with Gasteiger partial charge in [0.2, 0.25) is 0 Å². The molecule has 1 aliphatic rings. The van der Waals surface area contributed by atoms with Crippen LogP contribution in [0.1, 0.15) is 25.3 Å². The first-order valence-electron chi connectivity index (χ1n) is 7.61. The zero-order valence-electron chi connectivity index (χ0n) is 13.4. The molecule has 0 aromatic heterocycles. The van der Waals surface area contributed by atoms with Crippen LogP contribution >= 0.6 is 0 Å². The van der Waals surface area contributed by atoms with Gasteiger partial charge >= 0.3 is 5.97 Å². The lowest BCUT2D eigenvalue weighted by molar-refractivity contribution is -0.150. The fourth-order valence-corrected chi connectivity index (χ4v) is 2.70. The summed E-state index contributed by atoms with van der Waals surface area (Å²) in [5.74, 6) is 0.383. The minimum atomic E-state index is -0.531. The van der Waals surface area contributed by atoms with E-state index in [0.29, 0.717) is 31.7 Å². The number of nitrogens with zero attached hydrogens (tertiary/aromatic N) is 1. The predicted octanol–water partition coefficient (Wildman–Crippen LogP) is 2.17. The Labute approximate surface area is 131 Å². The van der Waals surface area contributed by atoms with Crippen LogP contribution in [0.3, 0.4) is 0 Å². The molecular formula is C17H23NO4. The van der Waals surface area contributed by atoms with Crippen LogP contribution in [0.4, 0.5) is 0 Å². The summed E-state index contributed by atoms with van der Waals surface area (Å²) in [6.07, 6.45) is 0.766. The van der Waals surface area contributed by atoms with Crippen LogP contribution in [0.2, 0.25) is 0 Å². The number of esters is 1. The van der Waals surface area contributed by atoms with Crippen LogP contribution in [0, 0.1) is 12.8 Å². The Morgan fingerprint density at radius 3 is 2.55 bits per heavy atom. The molecule has 22 heavy (non-hydrogen) atoms. The molecule has 0 unspecified atom stereocenters. The van der Waals surface area contributed by atoms with Gasteiger partial charge in [-0.3, -0.25) is 9.59 Å². The van der Waals surface area contributed by atoms with Crippen LogP contribution in [0.5, 0.6) is 5.75 Å². The molecule has 1 heterocycles. The first-order chi connectivity index (χ1) is 10.5. The lowest BCUT2D eigenvalue weighted by Gasteiger charge is -2.32. The molecule has 0 radical (unpaired) electrons. The van der Waals surface area contributed by atoms with E-state index in [2.05, 4.69) is 0 Å². The number of benzene rings is 1. The second-order valence-corrected chi connectivity index (χ2v) is 5.70. The summed E-state index contributed by atoms with van der Waals surface area (Å²) in [5.41, 5.74) is 1.09. The molecule has 5 nitrogen and oxygen atoms in total. The van der Waals surface area contributed by atoms with E-state index in [4.69, 9.17) is 9.47 Å². The van der Waals surface area contributed by atoms with E-state index in [1.807, 2.05) is 31.2 Å². The van der Waals surface area contributed by atoms with Gasteiger partial charge in [0.25, 0.3) is 5.91 Å². The van der Waals surface area contributed by atoms with Crippen LogP contribution < -0.4 is 4.74 Å². The molecule has 1 atom stereocenters. The van der Waals surface area contributed by atoms with Gasteiger partial charge < -0.3 is 14.4 Å². The molecule has 1 amide bonds. The number of hydrogen-bond acceptors (Lipinski definition) is 4. The highest BCUT2D eigenvalue weighted by atomic mass is 16.5. The molecule has 1 aliphatic heterocycles. The van der Waals surface area contributed by atoms with Crippen molar-refractivity contribution in [2.75, 3.05) is 20.2 Å². The Kier molecular flexibility index (Phi) is 5.41. The third-order valence-corrected chi connectivity index (χ3v) is 3.99. The fraction of sp³-hybridized carbons (Fsp3) is 0.529. The van der Waals surface area contributed by atoms with Crippen molar-refractivity contribution in [3.05, 3.63) is 29.8 Å². The van der Waals surface area contributed by atoms with Gasteiger partial charge in [0.05, 0.1) is 13.0 Å². The number of piperidine rings is 1. The summed E-state index contributed by atoms with van der Waals surface area (Å²) in [4.78, 5) is 25.7. The first-order valence-corrected chi connectivity index (χ1v) is 7.61. The van der Waals surface area contributed by atoms with Crippen LogP contribution in [-0.2, 0) is 14.3 Å². The lowest BCUT2D eigenvalue weighted by atomic mass is 9.97. The molecule has 2 rings (SSSR count). The molecule has 0 N–H and O–H groups in total. The Balaban J connectivity index is 1.88. The maximum Gasteiger partial charge on any atom is 0.308 e. The van der Waals surface area contributed by atoms with Gasteiger partial charge in [-0.2, -0.15) is 0 Å². The molecule has 0 aliphatic carbocycles. The number of rotatable bonds is 4. The highest BCUT2D eigenvalue weighted by Crippen LogP contribution is 2.20. The van der Waals surface area contributed by atoms with Crippen molar-refractivity contribution in [3.63, 3.8) is 0 Å². The van der Waals surface area contributed by atoms with Crippen molar-refractivity contribution >= 4 is 11.9 Å². The van der Waals surface area contributed by atoms with Crippen molar-refractivity contribution in [3.8, 4) is 5.75 Å². The van der Waals surface area contributed by atoms with Crippen molar-refractivity contribution in [2.24, 2.45) is 5.92 Å². The SMILES string of the molecule is COC(=O)C1CCN(C(=O)[C@@H](C)Oc2cccc(C)c2)CC1. The second kappa shape index (κ2) is 7.29. The zero-order valence-corrected chi connectivity index (χ0v) is 13.4. The fourth-order valence-electron chi connectivity index (χ4n) is 2.70. The Morgan fingerprint density at radius 2 is 1.95 bits per heavy atom. The van der Waals surface area contributed by atoms with Gasteiger partial charge in [-0.1, -0.05) is 12.1 Å². The van der Waals surface area contributed by atoms with Crippen LogP contribution in [0.15, 0.2) is 24.3 Å². The van der Waals surface area contributed by atoms with Gasteiger partial charge in [-0.05, 0) is 44.4 Å². The van der Waals surface area contributed by atoms with E-state index < -0.39 is 6.10 Å². The van der Waals surface area contributed by atoms with E-state index in [-0.39, 0.29) is 17.8 Å². The van der Waals surface area contributed by atoms with Crippen molar-refractivity contribution in [2.45, 2.75) is 32.8 Å². The summed E-state index contributed by atoms with van der Waals surface area (Å²) in [7, 11) is 1.40. The molecule has 5 heteroatoms. The number of likely N-dealkylation sites (tertiary alicyclic amines) is 1. The largest absolute Gasteiger partial charge is 0.481 e. The predicted molar refractivity (Wildman–Crippen MR) is 82.6 cm³/mol. The average Bonchev–Trinajstić information content (AvgIpc) is 2.53.